The van der Waals surface area contributed by atoms with E-state index >= 15 is 0 Å². The van der Waals surface area contributed by atoms with Crippen LogP contribution in [0.15, 0.2) is 22.7 Å². The fraction of sp³-hybridized carbons (Fsp3) is 0.500. The molecule has 1 aromatic carbocycles. The van der Waals surface area contributed by atoms with Gasteiger partial charge in [-0.2, -0.15) is 0 Å². The molecule has 1 atom stereocenters. The molecule has 1 unspecified atom stereocenters. The maximum absolute atomic E-state index is 5.62. The summed E-state index contributed by atoms with van der Waals surface area (Å²) in [4.78, 5) is 0. The molecule has 0 saturated carbocycles. The van der Waals surface area contributed by atoms with Crippen LogP contribution in [0.4, 0.5) is 5.69 Å². The first-order valence-corrected chi connectivity index (χ1v) is 6.24. The highest BCUT2D eigenvalue weighted by molar-refractivity contribution is 9.10. The lowest BCUT2D eigenvalue weighted by Gasteiger charge is -2.16. The zero-order valence-corrected chi connectivity index (χ0v) is 11.8. The van der Waals surface area contributed by atoms with Gasteiger partial charge in [0.25, 0.3) is 0 Å². The van der Waals surface area contributed by atoms with Crippen molar-refractivity contribution in [1.82, 2.24) is 0 Å². The lowest BCUT2D eigenvalue weighted by molar-refractivity contribution is 0.0365. The predicted octanol–water partition coefficient (Wildman–Crippen LogP) is 1.98. The zero-order valence-electron chi connectivity index (χ0n) is 10.2. The minimum Gasteiger partial charge on any atom is -0.382 e. The van der Waals surface area contributed by atoms with Crippen LogP contribution in [0.2, 0.25) is 0 Å². The van der Waals surface area contributed by atoms with Crippen LogP contribution in [-0.4, -0.2) is 33.5 Å². The second-order valence-electron chi connectivity index (χ2n) is 3.75. The van der Waals surface area contributed by atoms with Crippen molar-refractivity contribution in [3.05, 3.63) is 28.2 Å². The number of anilines is 1. The number of halogens is 1. The van der Waals surface area contributed by atoms with E-state index in [-0.39, 0.29) is 6.10 Å². The number of hydrogen-bond donors (Lipinski definition) is 2. The van der Waals surface area contributed by atoms with Gasteiger partial charge in [-0.25, -0.2) is 0 Å². The molecule has 4 nitrogen and oxygen atoms in total. The molecule has 0 aliphatic rings. The zero-order chi connectivity index (χ0) is 12.7. The summed E-state index contributed by atoms with van der Waals surface area (Å²) in [5.74, 6) is 0. The number of ether oxygens (including phenoxy) is 2. The molecule has 0 aromatic heterocycles. The minimum atomic E-state index is 0.0420. The number of nitrogens with one attached hydrogen (secondary N) is 1. The number of methoxy groups -OCH3 is 2. The van der Waals surface area contributed by atoms with Gasteiger partial charge >= 0.3 is 0 Å². The highest BCUT2D eigenvalue weighted by Gasteiger charge is 2.06. The molecule has 0 aliphatic heterocycles. The average Bonchev–Trinajstić information content (AvgIpc) is 2.33. The van der Waals surface area contributed by atoms with E-state index in [2.05, 4.69) is 21.2 Å². The van der Waals surface area contributed by atoms with Crippen LogP contribution in [0.5, 0.6) is 0 Å². The summed E-state index contributed by atoms with van der Waals surface area (Å²) in [6.45, 7) is 1.80. The third-order valence-corrected chi connectivity index (χ3v) is 2.87. The molecule has 1 aromatic rings. The molecule has 0 saturated heterocycles. The van der Waals surface area contributed by atoms with Crippen LogP contribution in [0.25, 0.3) is 0 Å². The Hall–Kier alpha value is -0.620. The van der Waals surface area contributed by atoms with E-state index in [1.807, 2.05) is 18.2 Å². The molecule has 0 aliphatic carbocycles. The van der Waals surface area contributed by atoms with Crippen LogP contribution < -0.4 is 11.1 Å². The van der Waals surface area contributed by atoms with Crippen molar-refractivity contribution in [3.8, 4) is 0 Å². The SMILES string of the molecule is COCC(CNc1cc(Br)cc(CN)c1)OC. The Morgan fingerprint density at radius 2 is 2.12 bits per heavy atom. The van der Waals surface area contributed by atoms with Crippen molar-refractivity contribution in [2.75, 3.05) is 32.7 Å². The topological polar surface area (TPSA) is 56.5 Å². The molecular weight excluding hydrogens is 284 g/mol. The molecule has 0 heterocycles. The molecular formula is C12H19BrN2O2. The third kappa shape index (κ3) is 5.04. The lowest BCUT2D eigenvalue weighted by Crippen LogP contribution is -2.26. The minimum absolute atomic E-state index is 0.0420. The molecule has 3 N–H and O–H groups in total. The maximum atomic E-state index is 5.62. The van der Waals surface area contributed by atoms with Crippen LogP contribution in [-0.2, 0) is 16.0 Å². The largest absolute Gasteiger partial charge is 0.382 e. The van der Waals surface area contributed by atoms with Gasteiger partial charge in [-0.15, -0.1) is 0 Å². The van der Waals surface area contributed by atoms with Crippen molar-refractivity contribution >= 4 is 21.6 Å². The summed E-state index contributed by atoms with van der Waals surface area (Å²) in [6.07, 6.45) is 0.0420. The van der Waals surface area contributed by atoms with Gasteiger partial charge in [0.05, 0.1) is 12.7 Å². The van der Waals surface area contributed by atoms with Crippen LogP contribution >= 0.6 is 15.9 Å². The highest BCUT2D eigenvalue weighted by atomic mass is 79.9. The molecule has 0 fully saturated rings. The quantitative estimate of drug-likeness (QED) is 0.809. The lowest BCUT2D eigenvalue weighted by atomic mass is 10.2. The van der Waals surface area contributed by atoms with Crippen LogP contribution in [0, 0.1) is 0 Å². The molecule has 96 valence electrons. The van der Waals surface area contributed by atoms with Gasteiger partial charge in [-0.1, -0.05) is 15.9 Å². The smallest absolute Gasteiger partial charge is 0.0976 e. The molecule has 5 heteroatoms. The summed E-state index contributed by atoms with van der Waals surface area (Å²) in [5, 5.41) is 3.31. The summed E-state index contributed by atoms with van der Waals surface area (Å²) >= 11 is 3.46. The number of benzene rings is 1. The van der Waals surface area contributed by atoms with Gasteiger partial charge in [-0.05, 0) is 23.8 Å². The Morgan fingerprint density at radius 1 is 1.35 bits per heavy atom. The van der Waals surface area contributed by atoms with Crippen LogP contribution in [0.1, 0.15) is 5.56 Å². The maximum Gasteiger partial charge on any atom is 0.0976 e. The molecule has 17 heavy (non-hydrogen) atoms. The van der Waals surface area contributed by atoms with E-state index in [1.165, 1.54) is 0 Å². The Labute approximate surface area is 111 Å². The average molecular weight is 303 g/mol. The Bertz CT molecular complexity index is 347. The van der Waals surface area contributed by atoms with Gasteiger partial charge in [0.15, 0.2) is 0 Å². The fourth-order valence-corrected chi connectivity index (χ4v) is 2.04. The van der Waals surface area contributed by atoms with E-state index < -0.39 is 0 Å². The third-order valence-electron chi connectivity index (χ3n) is 2.41. The number of hydrogen-bond acceptors (Lipinski definition) is 4. The summed E-state index contributed by atoms with van der Waals surface area (Å²) in [6, 6.07) is 6.05. The van der Waals surface area contributed by atoms with Gasteiger partial charge < -0.3 is 20.5 Å². The molecule has 0 bridgehead atoms. The van der Waals surface area contributed by atoms with Crippen LogP contribution in [0.3, 0.4) is 0 Å². The highest BCUT2D eigenvalue weighted by Crippen LogP contribution is 2.19. The second kappa shape index (κ2) is 7.66. The Kier molecular flexibility index (Phi) is 6.50. The van der Waals surface area contributed by atoms with Gasteiger partial charge in [0.1, 0.15) is 0 Å². The molecule has 0 radical (unpaired) electrons. The van der Waals surface area contributed by atoms with Crippen molar-refractivity contribution in [2.45, 2.75) is 12.6 Å². The Balaban J connectivity index is 2.58. The predicted molar refractivity (Wildman–Crippen MR) is 73.2 cm³/mol. The summed E-state index contributed by atoms with van der Waals surface area (Å²) in [5.41, 5.74) is 7.74. The van der Waals surface area contributed by atoms with E-state index in [1.54, 1.807) is 14.2 Å². The van der Waals surface area contributed by atoms with Crippen molar-refractivity contribution in [3.63, 3.8) is 0 Å². The monoisotopic (exact) mass is 302 g/mol. The fourth-order valence-electron chi connectivity index (χ4n) is 1.50. The first kappa shape index (κ1) is 14.4. The normalized spacial score (nSPS) is 12.5. The first-order valence-electron chi connectivity index (χ1n) is 5.44. The first-order chi connectivity index (χ1) is 8.19. The second-order valence-corrected chi connectivity index (χ2v) is 4.66. The van der Waals surface area contributed by atoms with Crippen molar-refractivity contribution in [1.29, 1.82) is 0 Å². The Morgan fingerprint density at radius 3 is 2.71 bits per heavy atom. The number of rotatable bonds is 7. The van der Waals surface area contributed by atoms with E-state index in [9.17, 15) is 0 Å². The van der Waals surface area contributed by atoms with Gasteiger partial charge in [0.2, 0.25) is 0 Å². The van der Waals surface area contributed by atoms with Crippen molar-refractivity contribution in [2.24, 2.45) is 5.73 Å². The van der Waals surface area contributed by atoms with Crippen molar-refractivity contribution < 1.29 is 9.47 Å². The molecule has 0 spiro atoms. The van der Waals surface area contributed by atoms with Gasteiger partial charge in [0, 0.05) is 37.5 Å². The van der Waals surface area contributed by atoms with E-state index in [4.69, 9.17) is 15.2 Å². The number of nitrogens with two attached hydrogens (primary N) is 1. The molecule has 1 rings (SSSR count). The summed E-state index contributed by atoms with van der Waals surface area (Å²) < 4.78 is 11.4. The summed E-state index contributed by atoms with van der Waals surface area (Å²) in [7, 11) is 3.34. The van der Waals surface area contributed by atoms with E-state index in [0.29, 0.717) is 19.7 Å². The van der Waals surface area contributed by atoms with Gasteiger partial charge in [-0.3, -0.25) is 0 Å². The van der Waals surface area contributed by atoms with E-state index in [0.717, 1.165) is 15.7 Å². The standard InChI is InChI=1S/C12H19BrN2O2/c1-16-8-12(17-2)7-15-11-4-9(6-14)3-10(13)5-11/h3-5,12,15H,6-8,14H2,1-2H3. The molecule has 0 amide bonds.